The van der Waals surface area contributed by atoms with Crippen LogP contribution in [-0.4, -0.2) is 12.0 Å². The van der Waals surface area contributed by atoms with Crippen LogP contribution in [0.5, 0.6) is 5.75 Å². The molecule has 0 aromatic heterocycles. The van der Waals surface area contributed by atoms with Crippen molar-refractivity contribution in [3.8, 4) is 11.8 Å². The predicted octanol–water partition coefficient (Wildman–Crippen LogP) is 2.03. The maximum Gasteiger partial charge on any atom is 0.328 e. The highest BCUT2D eigenvalue weighted by atomic mass is 16.5. The zero-order chi connectivity index (χ0) is 14.4. The van der Waals surface area contributed by atoms with Gasteiger partial charge in [0.25, 0.3) is 0 Å². The van der Waals surface area contributed by atoms with E-state index in [1.807, 2.05) is 36.4 Å². The largest absolute Gasteiger partial charge is 0.424 e. The summed E-state index contributed by atoms with van der Waals surface area (Å²) in [6.45, 7) is 0. The number of carbonyl (C=O) groups excluding carboxylic acids is 1. The van der Waals surface area contributed by atoms with Crippen molar-refractivity contribution in [1.29, 1.82) is 5.26 Å². The van der Waals surface area contributed by atoms with E-state index in [1.54, 1.807) is 24.3 Å². The smallest absolute Gasteiger partial charge is 0.328 e. The summed E-state index contributed by atoms with van der Waals surface area (Å²) in [6, 6.07) is 17.3. The van der Waals surface area contributed by atoms with Crippen LogP contribution in [0.1, 0.15) is 11.1 Å². The van der Waals surface area contributed by atoms with Gasteiger partial charge >= 0.3 is 5.97 Å². The summed E-state index contributed by atoms with van der Waals surface area (Å²) in [5.41, 5.74) is 7.11. The fraction of sp³-hybridized carbons (Fsp3) is 0.125. The number of hydrogen-bond donors (Lipinski definition) is 1. The van der Waals surface area contributed by atoms with Gasteiger partial charge in [-0.15, -0.1) is 0 Å². The Morgan fingerprint density at radius 3 is 2.50 bits per heavy atom. The molecule has 0 aliphatic rings. The summed E-state index contributed by atoms with van der Waals surface area (Å²) in [7, 11) is 0. The predicted molar refractivity (Wildman–Crippen MR) is 74.9 cm³/mol. The van der Waals surface area contributed by atoms with Gasteiger partial charge in [-0.2, -0.15) is 5.26 Å². The summed E-state index contributed by atoms with van der Waals surface area (Å²) in [4.78, 5) is 11.9. The summed E-state index contributed by atoms with van der Waals surface area (Å²) in [5, 5.41) is 8.93. The molecule has 4 heteroatoms. The summed E-state index contributed by atoms with van der Waals surface area (Å²) >= 11 is 0. The van der Waals surface area contributed by atoms with Gasteiger partial charge in [0.15, 0.2) is 0 Å². The number of benzene rings is 2. The first-order valence-electron chi connectivity index (χ1n) is 6.21. The number of para-hydroxylation sites is 1. The monoisotopic (exact) mass is 266 g/mol. The minimum atomic E-state index is -0.760. The Balaban J connectivity index is 2.03. The van der Waals surface area contributed by atoms with Gasteiger partial charge in [-0.05, 0) is 24.1 Å². The molecule has 0 radical (unpaired) electrons. The van der Waals surface area contributed by atoms with Crippen LogP contribution in [0.2, 0.25) is 0 Å². The average Bonchev–Trinajstić information content (AvgIpc) is 2.48. The van der Waals surface area contributed by atoms with Crippen molar-refractivity contribution in [2.45, 2.75) is 12.5 Å². The quantitative estimate of drug-likeness (QED) is 0.678. The molecule has 0 saturated carbocycles. The number of carbonyl (C=O) groups is 1. The van der Waals surface area contributed by atoms with Crippen LogP contribution in [0.15, 0.2) is 54.6 Å². The molecular weight excluding hydrogens is 252 g/mol. The van der Waals surface area contributed by atoms with Crippen molar-refractivity contribution in [2.24, 2.45) is 5.73 Å². The molecule has 2 N–H and O–H groups in total. The lowest BCUT2D eigenvalue weighted by atomic mass is 10.1. The SMILES string of the molecule is N#Cc1ccccc1OC(=O)[C@@H](N)Cc1ccccc1. The third-order valence-electron chi connectivity index (χ3n) is 2.82. The third kappa shape index (κ3) is 3.44. The van der Waals surface area contributed by atoms with E-state index in [1.165, 1.54) is 0 Å². The molecule has 0 unspecified atom stereocenters. The average molecular weight is 266 g/mol. The van der Waals surface area contributed by atoms with Gasteiger partial charge in [0.1, 0.15) is 17.9 Å². The molecule has 20 heavy (non-hydrogen) atoms. The maximum absolute atomic E-state index is 11.9. The molecular formula is C16H14N2O2. The van der Waals surface area contributed by atoms with E-state index < -0.39 is 12.0 Å². The van der Waals surface area contributed by atoms with Crippen LogP contribution in [0.3, 0.4) is 0 Å². The van der Waals surface area contributed by atoms with Crippen molar-refractivity contribution in [3.63, 3.8) is 0 Å². The molecule has 0 spiro atoms. The topological polar surface area (TPSA) is 76.1 Å². The molecule has 100 valence electrons. The Bertz CT molecular complexity index is 632. The number of ether oxygens (including phenoxy) is 1. The van der Waals surface area contributed by atoms with Crippen molar-refractivity contribution in [2.75, 3.05) is 0 Å². The molecule has 0 aliphatic heterocycles. The Morgan fingerprint density at radius 1 is 1.15 bits per heavy atom. The molecule has 0 bridgehead atoms. The van der Waals surface area contributed by atoms with E-state index >= 15 is 0 Å². The summed E-state index contributed by atoms with van der Waals surface area (Å²) in [6.07, 6.45) is 0.397. The van der Waals surface area contributed by atoms with Gasteiger partial charge in [0.2, 0.25) is 0 Å². The normalized spacial score (nSPS) is 11.4. The lowest BCUT2D eigenvalue weighted by Crippen LogP contribution is -2.36. The van der Waals surface area contributed by atoms with Gasteiger partial charge in [0.05, 0.1) is 5.56 Å². The van der Waals surface area contributed by atoms with Gasteiger partial charge in [-0.3, -0.25) is 0 Å². The van der Waals surface area contributed by atoms with E-state index in [-0.39, 0.29) is 5.75 Å². The number of hydrogen-bond acceptors (Lipinski definition) is 4. The number of esters is 1. The Kier molecular flexibility index (Phi) is 4.48. The first kappa shape index (κ1) is 13.8. The zero-order valence-electron chi connectivity index (χ0n) is 10.8. The van der Waals surface area contributed by atoms with E-state index in [0.717, 1.165) is 5.56 Å². The van der Waals surface area contributed by atoms with E-state index in [4.69, 9.17) is 15.7 Å². The van der Waals surface area contributed by atoms with Crippen molar-refractivity contribution < 1.29 is 9.53 Å². The molecule has 0 amide bonds. The van der Waals surface area contributed by atoms with Crippen molar-refractivity contribution in [3.05, 3.63) is 65.7 Å². The van der Waals surface area contributed by atoms with Crippen molar-refractivity contribution >= 4 is 5.97 Å². The second-order valence-corrected chi connectivity index (χ2v) is 4.33. The Hall–Kier alpha value is -2.64. The molecule has 2 aromatic carbocycles. The molecule has 0 fully saturated rings. The van der Waals surface area contributed by atoms with Gasteiger partial charge in [-0.25, -0.2) is 4.79 Å². The van der Waals surface area contributed by atoms with E-state index in [2.05, 4.69) is 0 Å². The standard InChI is InChI=1S/C16H14N2O2/c17-11-13-8-4-5-9-15(13)20-16(19)14(18)10-12-6-2-1-3-7-12/h1-9,14H,10,18H2/t14-/m0/s1. The van der Waals surface area contributed by atoms with E-state index in [0.29, 0.717) is 12.0 Å². The highest BCUT2D eigenvalue weighted by molar-refractivity contribution is 5.79. The first-order valence-corrected chi connectivity index (χ1v) is 6.21. The van der Waals surface area contributed by atoms with Crippen molar-refractivity contribution in [1.82, 2.24) is 0 Å². The maximum atomic E-state index is 11.9. The van der Waals surface area contributed by atoms with Crippen LogP contribution < -0.4 is 10.5 Å². The lowest BCUT2D eigenvalue weighted by molar-refractivity contribution is -0.135. The molecule has 0 aliphatic carbocycles. The third-order valence-corrected chi connectivity index (χ3v) is 2.82. The summed E-state index contributed by atoms with van der Waals surface area (Å²) < 4.78 is 5.18. The van der Waals surface area contributed by atoms with Crippen LogP contribution >= 0.6 is 0 Å². The molecule has 0 saturated heterocycles. The highest BCUT2D eigenvalue weighted by Gasteiger charge is 2.17. The lowest BCUT2D eigenvalue weighted by Gasteiger charge is -2.12. The van der Waals surface area contributed by atoms with Crippen LogP contribution in [0, 0.1) is 11.3 Å². The molecule has 0 heterocycles. The summed E-state index contributed by atoms with van der Waals surface area (Å²) in [5.74, 6) is -0.305. The molecule has 4 nitrogen and oxygen atoms in total. The second-order valence-electron chi connectivity index (χ2n) is 4.33. The zero-order valence-corrected chi connectivity index (χ0v) is 10.8. The molecule has 2 rings (SSSR count). The highest BCUT2D eigenvalue weighted by Crippen LogP contribution is 2.17. The Morgan fingerprint density at radius 2 is 1.80 bits per heavy atom. The van der Waals surface area contributed by atoms with Gasteiger partial charge < -0.3 is 10.5 Å². The molecule has 2 aromatic rings. The van der Waals surface area contributed by atoms with E-state index in [9.17, 15) is 4.79 Å². The first-order chi connectivity index (χ1) is 9.70. The number of nitrogens with two attached hydrogens (primary N) is 1. The van der Waals surface area contributed by atoms with Crippen LogP contribution in [-0.2, 0) is 11.2 Å². The number of nitrogens with zero attached hydrogens (tertiary/aromatic N) is 1. The minimum absolute atomic E-state index is 0.239. The minimum Gasteiger partial charge on any atom is -0.424 e. The van der Waals surface area contributed by atoms with Gasteiger partial charge in [0, 0.05) is 0 Å². The van der Waals surface area contributed by atoms with Crippen LogP contribution in [0.4, 0.5) is 0 Å². The second kappa shape index (κ2) is 6.50. The number of rotatable bonds is 4. The molecule has 1 atom stereocenters. The fourth-order valence-electron chi connectivity index (χ4n) is 1.78. The number of nitriles is 1. The Labute approximate surface area is 117 Å². The van der Waals surface area contributed by atoms with Gasteiger partial charge in [-0.1, -0.05) is 42.5 Å². The van der Waals surface area contributed by atoms with Crippen LogP contribution in [0.25, 0.3) is 0 Å². The fourth-order valence-corrected chi connectivity index (χ4v) is 1.78.